The van der Waals surface area contributed by atoms with Crippen LogP contribution in [-0.4, -0.2) is 49.8 Å². The molecule has 2 aliphatic heterocycles. The lowest BCUT2D eigenvalue weighted by atomic mass is 9.91. The standard InChI is InChI=1S/C30H27Cl2F3N4O4/c1-16-21-12-26(43-15-18-2-3-19(31)11-23(18)32)22(30(33,34)35)10-17(21)6-8-38(16)14-27-36-24-4-5-25(29(40)41)37-28(24)39(27)13-20-7-9-42-20/h2-5,10-12,16,20H,6-9,13-15H2,1H3,(H,40,41)/t16-,20-/m0/s1. The Bertz CT molecular complexity index is 1710. The summed E-state index contributed by atoms with van der Waals surface area (Å²) in [7, 11) is 0. The Morgan fingerprint density at radius 1 is 1.16 bits per heavy atom. The number of alkyl halides is 3. The summed E-state index contributed by atoms with van der Waals surface area (Å²) in [5.74, 6) is -0.728. The fourth-order valence-corrected chi connectivity index (χ4v) is 6.01. The van der Waals surface area contributed by atoms with E-state index in [1.165, 1.54) is 24.3 Å². The average molecular weight is 635 g/mol. The maximum Gasteiger partial charge on any atom is 0.419 e. The Hall–Kier alpha value is -3.38. The van der Waals surface area contributed by atoms with E-state index in [0.29, 0.717) is 70.8 Å². The molecular weight excluding hydrogens is 608 g/mol. The van der Waals surface area contributed by atoms with E-state index in [4.69, 9.17) is 37.7 Å². The van der Waals surface area contributed by atoms with Crippen molar-refractivity contribution in [1.29, 1.82) is 0 Å². The van der Waals surface area contributed by atoms with Gasteiger partial charge in [-0.05, 0) is 67.3 Å². The molecule has 4 aromatic rings. The van der Waals surface area contributed by atoms with E-state index in [0.717, 1.165) is 12.0 Å². The SMILES string of the molecule is C[C@H]1c2cc(OCc3ccc(Cl)cc3Cl)c(C(F)(F)F)cc2CCN1Cc1nc2ccc(C(=O)O)nc2n1C[C@@H]1CCO1. The summed E-state index contributed by atoms with van der Waals surface area (Å²) in [6, 6.07) is 10.2. The summed E-state index contributed by atoms with van der Waals surface area (Å²) in [5.41, 5.74) is 1.96. The van der Waals surface area contributed by atoms with Crippen LogP contribution in [0.1, 0.15) is 58.0 Å². The lowest BCUT2D eigenvalue weighted by Gasteiger charge is -2.36. The monoisotopic (exact) mass is 634 g/mol. The van der Waals surface area contributed by atoms with Crippen LogP contribution in [0.15, 0.2) is 42.5 Å². The number of carboxylic acids is 1. The van der Waals surface area contributed by atoms with Gasteiger partial charge < -0.3 is 19.1 Å². The van der Waals surface area contributed by atoms with Crippen molar-refractivity contribution in [2.45, 2.75) is 57.8 Å². The van der Waals surface area contributed by atoms with Gasteiger partial charge in [-0.15, -0.1) is 0 Å². The summed E-state index contributed by atoms with van der Waals surface area (Å²) in [6.07, 6.45) is -3.36. The molecule has 0 saturated carbocycles. The lowest BCUT2D eigenvalue weighted by molar-refractivity contribution is -0.139. The number of pyridine rings is 1. The molecule has 1 N–H and O–H groups in total. The minimum atomic E-state index is -4.61. The molecule has 6 rings (SSSR count). The molecule has 0 spiro atoms. The van der Waals surface area contributed by atoms with Gasteiger partial charge >= 0.3 is 12.1 Å². The van der Waals surface area contributed by atoms with Gasteiger partial charge in [-0.3, -0.25) is 4.90 Å². The Morgan fingerprint density at radius 3 is 2.63 bits per heavy atom. The topological polar surface area (TPSA) is 89.7 Å². The molecule has 0 amide bonds. The zero-order valence-corrected chi connectivity index (χ0v) is 24.5. The molecule has 8 nitrogen and oxygen atoms in total. The van der Waals surface area contributed by atoms with E-state index in [-0.39, 0.29) is 30.2 Å². The van der Waals surface area contributed by atoms with Crippen molar-refractivity contribution in [3.05, 3.63) is 86.3 Å². The second-order valence-corrected chi connectivity index (χ2v) is 11.6. The molecule has 1 saturated heterocycles. The van der Waals surface area contributed by atoms with Crippen molar-refractivity contribution in [2.24, 2.45) is 0 Å². The second-order valence-electron chi connectivity index (χ2n) is 10.7. The highest BCUT2D eigenvalue weighted by Crippen LogP contribution is 2.42. The van der Waals surface area contributed by atoms with E-state index < -0.39 is 17.7 Å². The summed E-state index contributed by atoms with van der Waals surface area (Å²) in [6.45, 7) is 3.80. The molecule has 0 aliphatic carbocycles. The second kappa shape index (κ2) is 11.6. The van der Waals surface area contributed by atoms with Crippen LogP contribution in [0.3, 0.4) is 0 Å². The number of carboxylic acid groups (broad SMARTS) is 1. The molecule has 13 heteroatoms. The summed E-state index contributed by atoms with van der Waals surface area (Å²) >= 11 is 12.2. The van der Waals surface area contributed by atoms with Crippen LogP contribution in [0.2, 0.25) is 10.0 Å². The van der Waals surface area contributed by atoms with Crippen LogP contribution >= 0.6 is 23.2 Å². The number of hydrogen-bond acceptors (Lipinski definition) is 6. The van der Waals surface area contributed by atoms with Gasteiger partial charge in [0.05, 0.1) is 24.8 Å². The number of rotatable bonds is 8. The number of ether oxygens (including phenoxy) is 2. The van der Waals surface area contributed by atoms with Crippen molar-refractivity contribution in [3.8, 4) is 5.75 Å². The number of imidazole rings is 1. The van der Waals surface area contributed by atoms with Gasteiger partial charge in [0.2, 0.25) is 0 Å². The van der Waals surface area contributed by atoms with Gasteiger partial charge in [0.15, 0.2) is 11.3 Å². The highest BCUT2D eigenvalue weighted by atomic mass is 35.5. The Kier molecular flexibility index (Phi) is 8.01. The van der Waals surface area contributed by atoms with Crippen molar-refractivity contribution < 1.29 is 32.5 Å². The summed E-state index contributed by atoms with van der Waals surface area (Å²) in [5, 5.41) is 10.2. The Morgan fingerprint density at radius 2 is 1.95 bits per heavy atom. The zero-order chi connectivity index (χ0) is 30.5. The molecule has 1 fully saturated rings. The lowest BCUT2D eigenvalue weighted by Crippen LogP contribution is -2.36. The van der Waals surface area contributed by atoms with Crippen LogP contribution in [-0.2, 0) is 37.0 Å². The number of nitrogens with zero attached hydrogens (tertiary/aromatic N) is 4. The molecule has 4 heterocycles. The first-order valence-corrected chi connectivity index (χ1v) is 14.5. The number of aromatic carboxylic acids is 1. The number of fused-ring (bicyclic) bond motifs is 2. The molecular formula is C30H27Cl2F3N4O4. The van der Waals surface area contributed by atoms with Crippen molar-refractivity contribution in [1.82, 2.24) is 19.4 Å². The van der Waals surface area contributed by atoms with Crippen LogP contribution in [0.25, 0.3) is 11.2 Å². The molecule has 226 valence electrons. The molecule has 2 aromatic heterocycles. The highest BCUT2D eigenvalue weighted by molar-refractivity contribution is 6.35. The van der Waals surface area contributed by atoms with Gasteiger partial charge in [-0.25, -0.2) is 14.8 Å². The summed E-state index contributed by atoms with van der Waals surface area (Å²) < 4.78 is 55.6. The number of aromatic nitrogens is 3. The molecule has 2 atom stereocenters. The maximum atomic E-state index is 14.1. The fourth-order valence-electron chi connectivity index (χ4n) is 5.55. The third-order valence-electron chi connectivity index (χ3n) is 8.03. The van der Waals surface area contributed by atoms with Gasteiger partial charge in [0.25, 0.3) is 0 Å². The van der Waals surface area contributed by atoms with Gasteiger partial charge in [0, 0.05) is 34.8 Å². The normalized spacial score (nSPS) is 18.8. The van der Waals surface area contributed by atoms with E-state index in [1.54, 1.807) is 18.2 Å². The minimum absolute atomic E-state index is 0.0272. The molecule has 2 aliphatic rings. The fraction of sp³-hybridized carbons (Fsp3) is 0.367. The first kappa shape index (κ1) is 29.7. The van der Waals surface area contributed by atoms with Crippen LogP contribution in [0.5, 0.6) is 5.75 Å². The molecule has 0 bridgehead atoms. The minimum Gasteiger partial charge on any atom is -0.488 e. The van der Waals surface area contributed by atoms with Crippen molar-refractivity contribution in [2.75, 3.05) is 13.2 Å². The Balaban J connectivity index is 1.31. The van der Waals surface area contributed by atoms with Crippen LogP contribution in [0, 0.1) is 0 Å². The first-order chi connectivity index (χ1) is 20.5. The number of halogens is 5. The van der Waals surface area contributed by atoms with Gasteiger partial charge in [-0.2, -0.15) is 13.2 Å². The predicted molar refractivity (Wildman–Crippen MR) is 154 cm³/mol. The smallest absolute Gasteiger partial charge is 0.419 e. The molecule has 2 aromatic carbocycles. The maximum absolute atomic E-state index is 14.1. The van der Waals surface area contributed by atoms with E-state index >= 15 is 0 Å². The predicted octanol–water partition coefficient (Wildman–Crippen LogP) is 6.94. The van der Waals surface area contributed by atoms with E-state index in [9.17, 15) is 23.1 Å². The van der Waals surface area contributed by atoms with E-state index in [2.05, 4.69) is 9.88 Å². The number of benzene rings is 2. The van der Waals surface area contributed by atoms with Crippen LogP contribution < -0.4 is 4.74 Å². The molecule has 0 radical (unpaired) electrons. The van der Waals surface area contributed by atoms with E-state index in [1.807, 2.05) is 11.5 Å². The van der Waals surface area contributed by atoms with Gasteiger partial charge in [0.1, 0.15) is 23.7 Å². The third-order valence-corrected chi connectivity index (χ3v) is 8.61. The average Bonchev–Trinajstić information content (AvgIpc) is 3.27. The quantitative estimate of drug-likeness (QED) is 0.224. The first-order valence-electron chi connectivity index (χ1n) is 13.7. The van der Waals surface area contributed by atoms with Crippen LogP contribution in [0.4, 0.5) is 13.2 Å². The zero-order valence-electron chi connectivity index (χ0n) is 23.0. The highest BCUT2D eigenvalue weighted by Gasteiger charge is 2.37. The summed E-state index contributed by atoms with van der Waals surface area (Å²) in [4.78, 5) is 22.8. The van der Waals surface area contributed by atoms with Crippen molar-refractivity contribution >= 4 is 40.3 Å². The third kappa shape index (κ3) is 6.04. The van der Waals surface area contributed by atoms with Crippen molar-refractivity contribution in [3.63, 3.8) is 0 Å². The number of hydrogen-bond donors (Lipinski definition) is 1. The van der Waals surface area contributed by atoms with Gasteiger partial charge in [-0.1, -0.05) is 29.3 Å². The number of carbonyl (C=O) groups is 1. The largest absolute Gasteiger partial charge is 0.488 e. The Labute approximate surface area is 254 Å². The molecule has 43 heavy (non-hydrogen) atoms. The molecule has 0 unspecified atom stereocenters.